The Morgan fingerprint density at radius 3 is 2.68 bits per heavy atom. The van der Waals surface area contributed by atoms with Gasteiger partial charge in [-0.3, -0.25) is 9.48 Å². The zero-order chi connectivity index (χ0) is 22.5. The van der Waals surface area contributed by atoms with Crippen molar-refractivity contribution in [3.8, 4) is 0 Å². The summed E-state index contributed by atoms with van der Waals surface area (Å²) in [5.74, 6) is -0.719. The number of hydrogen-bond donors (Lipinski definition) is 2. The van der Waals surface area contributed by atoms with Crippen molar-refractivity contribution in [1.82, 2.24) is 14.7 Å². The second kappa shape index (κ2) is 9.71. The van der Waals surface area contributed by atoms with Crippen LogP contribution >= 0.6 is 23.6 Å². The average molecular weight is 458 g/mol. The lowest BCUT2D eigenvalue weighted by molar-refractivity contribution is 0.0601. The van der Waals surface area contributed by atoms with Gasteiger partial charge in [0.25, 0.3) is 5.91 Å². The maximum absolute atomic E-state index is 12.5. The Morgan fingerprint density at radius 2 is 2.03 bits per heavy atom. The molecule has 0 aliphatic rings. The first-order chi connectivity index (χ1) is 14.8. The van der Waals surface area contributed by atoms with Crippen LogP contribution in [-0.4, -0.2) is 52.9 Å². The molecule has 0 fully saturated rings. The molecule has 2 heterocycles. The molecule has 0 aliphatic carbocycles. The third-order valence-electron chi connectivity index (χ3n) is 4.45. The number of thiocarbonyl (C=S) groups is 1. The van der Waals surface area contributed by atoms with Gasteiger partial charge in [-0.25, -0.2) is 4.79 Å². The second-order valence-electron chi connectivity index (χ2n) is 6.93. The predicted octanol–water partition coefficient (Wildman–Crippen LogP) is 3.60. The van der Waals surface area contributed by atoms with Gasteiger partial charge in [0.15, 0.2) is 5.11 Å². The summed E-state index contributed by atoms with van der Waals surface area (Å²) >= 11 is 6.62. The number of nitrogens with one attached hydrogen (secondary N) is 2. The quantitative estimate of drug-likeness (QED) is 0.432. The molecule has 0 atom stereocenters. The van der Waals surface area contributed by atoms with E-state index in [1.807, 2.05) is 41.2 Å². The largest absolute Gasteiger partial charge is 0.465 e. The van der Waals surface area contributed by atoms with Gasteiger partial charge < -0.3 is 20.3 Å². The molecule has 0 saturated carbocycles. The molecule has 0 unspecified atom stereocenters. The fraction of sp³-hybridized carbons (Fsp3) is 0.238. The summed E-state index contributed by atoms with van der Waals surface area (Å²) in [5.41, 5.74) is 2.70. The van der Waals surface area contributed by atoms with Gasteiger partial charge in [0.2, 0.25) is 0 Å². The van der Waals surface area contributed by atoms with Crippen LogP contribution in [0.1, 0.15) is 31.2 Å². The van der Waals surface area contributed by atoms with E-state index >= 15 is 0 Å². The highest BCUT2D eigenvalue weighted by atomic mass is 32.1. The molecule has 2 N–H and O–H groups in total. The number of amides is 1. The van der Waals surface area contributed by atoms with E-state index in [1.165, 1.54) is 23.3 Å². The first-order valence-electron chi connectivity index (χ1n) is 9.38. The third-order valence-corrected chi connectivity index (χ3v) is 5.85. The number of methoxy groups -OCH3 is 1. The zero-order valence-electron chi connectivity index (χ0n) is 17.6. The molecular weight excluding hydrogens is 434 g/mol. The van der Waals surface area contributed by atoms with Crippen LogP contribution in [0.3, 0.4) is 0 Å². The maximum atomic E-state index is 12.5. The Hall–Kier alpha value is -3.24. The molecule has 10 heteroatoms. The Kier molecular flexibility index (Phi) is 7.03. The van der Waals surface area contributed by atoms with Gasteiger partial charge >= 0.3 is 5.97 Å². The normalized spacial score (nSPS) is 10.5. The summed E-state index contributed by atoms with van der Waals surface area (Å²) in [5, 5.41) is 11.1. The molecule has 0 spiro atoms. The zero-order valence-corrected chi connectivity index (χ0v) is 19.3. The summed E-state index contributed by atoms with van der Waals surface area (Å²) in [6.45, 7) is 2.36. The lowest BCUT2D eigenvalue weighted by Gasteiger charge is -2.12. The molecule has 1 aromatic carbocycles. The number of thiophene rings is 1. The number of benzene rings is 1. The minimum atomic E-state index is -0.530. The number of aromatic nitrogens is 2. The van der Waals surface area contributed by atoms with Crippen molar-refractivity contribution in [3.05, 3.63) is 64.3 Å². The molecular formula is C21H23N5O3S2. The molecule has 8 nitrogen and oxygen atoms in total. The van der Waals surface area contributed by atoms with E-state index in [-0.39, 0.29) is 5.91 Å². The standard InChI is InChI=1S/C21H23N5O3S2/c1-13-16(20(28)29-4)18(31-17(13)19(27)25(2)3)24-21(30)23-15-8-5-7-14(11-15)12-26-10-6-9-22-26/h5-11H,12H2,1-4H3,(H2,23,24,30). The average Bonchev–Trinajstić information content (AvgIpc) is 3.34. The van der Waals surface area contributed by atoms with Crippen molar-refractivity contribution >= 4 is 51.2 Å². The van der Waals surface area contributed by atoms with Crippen molar-refractivity contribution in [2.75, 3.05) is 31.8 Å². The molecule has 0 aliphatic heterocycles. The number of nitrogens with zero attached hydrogens (tertiary/aromatic N) is 3. The van der Waals surface area contributed by atoms with Crippen LogP contribution in [0, 0.1) is 6.92 Å². The number of carbonyl (C=O) groups excluding carboxylic acids is 2. The molecule has 3 rings (SSSR count). The molecule has 162 valence electrons. The molecule has 31 heavy (non-hydrogen) atoms. The fourth-order valence-electron chi connectivity index (χ4n) is 2.95. The van der Waals surface area contributed by atoms with Crippen LogP contribution in [0.2, 0.25) is 0 Å². The molecule has 2 aromatic heterocycles. The van der Waals surface area contributed by atoms with E-state index in [4.69, 9.17) is 17.0 Å². The topological polar surface area (TPSA) is 88.5 Å². The van der Waals surface area contributed by atoms with Crippen LogP contribution in [0.4, 0.5) is 10.7 Å². The van der Waals surface area contributed by atoms with Gasteiger partial charge in [0, 0.05) is 32.2 Å². The Bertz CT molecular complexity index is 1110. The van der Waals surface area contributed by atoms with Crippen molar-refractivity contribution in [1.29, 1.82) is 0 Å². The predicted molar refractivity (Wildman–Crippen MR) is 126 cm³/mol. The van der Waals surface area contributed by atoms with E-state index < -0.39 is 5.97 Å². The monoisotopic (exact) mass is 457 g/mol. The lowest BCUT2D eigenvalue weighted by atomic mass is 10.1. The fourth-order valence-corrected chi connectivity index (χ4v) is 4.46. The van der Waals surface area contributed by atoms with Crippen molar-refractivity contribution in [3.63, 3.8) is 0 Å². The van der Waals surface area contributed by atoms with Gasteiger partial charge in [0.05, 0.1) is 24.1 Å². The van der Waals surface area contributed by atoms with E-state index in [2.05, 4.69) is 15.7 Å². The highest BCUT2D eigenvalue weighted by molar-refractivity contribution is 7.80. The second-order valence-corrected chi connectivity index (χ2v) is 8.36. The van der Waals surface area contributed by atoms with E-state index in [0.717, 1.165) is 11.3 Å². The lowest BCUT2D eigenvalue weighted by Crippen LogP contribution is -2.21. The highest BCUT2D eigenvalue weighted by Crippen LogP contribution is 2.34. The number of ether oxygens (including phenoxy) is 1. The Labute approximate surface area is 189 Å². The van der Waals surface area contributed by atoms with Crippen LogP contribution in [0.5, 0.6) is 0 Å². The summed E-state index contributed by atoms with van der Waals surface area (Å²) in [7, 11) is 4.63. The number of anilines is 2. The molecule has 1 amide bonds. The van der Waals surface area contributed by atoms with Gasteiger partial charge in [-0.05, 0) is 48.5 Å². The summed E-state index contributed by atoms with van der Waals surface area (Å²) < 4.78 is 6.74. The van der Waals surface area contributed by atoms with Crippen molar-refractivity contribution in [2.24, 2.45) is 0 Å². The van der Waals surface area contributed by atoms with Crippen molar-refractivity contribution < 1.29 is 14.3 Å². The molecule has 0 bridgehead atoms. The van der Waals surface area contributed by atoms with Gasteiger partial charge in [-0.15, -0.1) is 11.3 Å². The SMILES string of the molecule is COC(=O)c1c(NC(=S)Nc2cccc(Cn3cccn3)c2)sc(C(=O)N(C)C)c1C. The number of hydrogen-bond acceptors (Lipinski definition) is 6. The van der Waals surface area contributed by atoms with Gasteiger partial charge in [-0.1, -0.05) is 12.1 Å². The molecule has 0 radical (unpaired) electrons. The summed E-state index contributed by atoms with van der Waals surface area (Å²) in [4.78, 5) is 26.8. The van der Waals surface area contributed by atoms with Crippen LogP contribution < -0.4 is 10.6 Å². The number of rotatable bonds is 6. The van der Waals surface area contributed by atoms with Crippen molar-refractivity contribution in [2.45, 2.75) is 13.5 Å². The minimum absolute atomic E-state index is 0.189. The molecule has 0 saturated heterocycles. The smallest absolute Gasteiger partial charge is 0.341 e. The van der Waals surface area contributed by atoms with E-state index in [1.54, 1.807) is 27.2 Å². The van der Waals surface area contributed by atoms with Gasteiger partial charge in [-0.2, -0.15) is 5.10 Å². The van der Waals surface area contributed by atoms with Gasteiger partial charge in [0.1, 0.15) is 5.00 Å². The minimum Gasteiger partial charge on any atom is -0.465 e. The van der Waals surface area contributed by atoms with Crippen LogP contribution in [-0.2, 0) is 11.3 Å². The first-order valence-corrected chi connectivity index (χ1v) is 10.6. The maximum Gasteiger partial charge on any atom is 0.341 e. The number of carbonyl (C=O) groups is 2. The van der Waals surface area contributed by atoms with E-state index in [0.29, 0.717) is 32.7 Å². The summed E-state index contributed by atoms with van der Waals surface area (Å²) in [6, 6.07) is 9.66. The number of esters is 1. The first kappa shape index (κ1) is 22.4. The Balaban J connectivity index is 1.79. The van der Waals surface area contributed by atoms with E-state index in [9.17, 15) is 9.59 Å². The van der Waals surface area contributed by atoms with Crippen LogP contribution in [0.25, 0.3) is 0 Å². The summed E-state index contributed by atoms with van der Waals surface area (Å²) in [6.07, 6.45) is 3.63. The third kappa shape index (κ3) is 5.28. The Morgan fingerprint density at radius 1 is 1.26 bits per heavy atom. The molecule has 3 aromatic rings. The highest BCUT2D eigenvalue weighted by Gasteiger charge is 2.26. The van der Waals surface area contributed by atoms with Crippen LogP contribution in [0.15, 0.2) is 42.7 Å².